The molecular formula is C12H16O. The van der Waals surface area contributed by atoms with Crippen LogP contribution in [0.1, 0.15) is 29.2 Å². The first-order valence-corrected chi connectivity index (χ1v) is 4.51. The Balaban J connectivity index is 2.89. The van der Waals surface area contributed by atoms with Gasteiger partial charge in [-0.2, -0.15) is 0 Å². The fourth-order valence-corrected chi connectivity index (χ4v) is 1.27. The van der Waals surface area contributed by atoms with Gasteiger partial charge in [0, 0.05) is 0 Å². The Bertz CT molecular complexity index is 302. The largest absolute Gasteiger partial charge is 0.388 e. The van der Waals surface area contributed by atoms with Gasteiger partial charge in [0.2, 0.25) is 0 Å². The van der Waals surface area contributed by atoms with E-state index in [9.17, 15) is 5.11 Å². The van der Waals surface area contributed by atoms with Gasteiger partial charge in [0.1, 0.15) is 0 Å². The highest BCUT2D eigenvalue weighted by Gasteiger charge is 2.05. The molecule has 70 valence electrons. The quantitative estimate of drug-likeness (QED) is 0.702. The predicted octanol–water partition coefficient (Wildman–Crippen LogP) is 2.91. The molecule has 0 saturated carbocycles. The van der Waals surface area contributed by atoms with Gasteiger partial charge in [-0.15, -0.1) is 6.58 Å². The fraction of sp³-hybridized carbons (Fsp3) is 0.333. The number of aliphatic hydroxyl groups excluding tert-OH is 1. The van der Waals surface area contributed by atoms with Crippen molar-refractivity contribution in [1.29, 1.82) is 0 Å². The topological polar surface area (TPSA) is 20.2 Å². The molecule has 0 bridgehead atoms. The van der Waals surface area contributed by atoms with E-state index in [1.807, 2.05) is 18.2 Å². The van der Waals surface area contributed by atoms with Crippen LogP contribution in [0, 0.1) is 13.8 Å². The standard InChI is InChI=1S/C12H16O/c1-4-5-12(13)11-7-6-9(2)10(3)8-11/h4,6-8,12-13H,1,5H2,2-3H3/t12-/m0/s1. The number of rotatable bonds is 3. The lowest BCUT2D eigenvalue weighted by atomic mass is 10.0. The van der Waals surface area contributed by atoms with Crippen molar-refractivity contribution in [1.82, 2.24) is 0 Å². The Hall–Kier alpha value is -1.08. The van der Waals surface area contributed by atoms with Gasteiger partial charge in [-0.25, -0.2) is 0 Å². The molecule has 0 saturated heterocycles. The molecule has 0 amide bonds. The van der Waals surface area contributed by atoms with Crippen LogP contribution < -0.4 is 0 Å². The van der Waals surface area contributed by atoms with Crippen LogP contribution in [0.2, 0.25) is 0 Å². The summed E-state index contributed by atoms with van der Waals surface area (Å²) >= 11 is 0. The molecule has 1 aromatic carbocycles. The fourth-order valence-electron chi connectivity index (χ4n) is 1.27. The van der Waals surface area contributed by atoms with Gasteiger partial charge in [-0.3, -0.25) is 0 Å². The second-order valence-electron chi connectivity index (χ2n) is 3.38. The number of hydrogen-bond acceptors (Lipinski definition) is 1. The molecule has 0 fully saturated rings. The summed E-state index contributed by atoms with van der Waals surface area (Å²) in [6.45, 7) is 7.73. The minimum atomic E-state index is -0.406. The van der Waals surface area contributed by atoms with Crippen LogP contribution in [0.4, 0.5) is 0 Å². The normalized spacial score (nSPS) is 12.5. The van der Waals surface area contributed by atoms with Crippen LogP contribution >= 0.6 is 0 Å². The zero-order valence-corrected chi connectivity index (χ0v) is 8.25. The number of benzene rings is 1. The number of hydrogen-bond donors (Lipinski definition) is 1. The van der Waals surface area contributed by atoms with E-state index in [-0.39, 0.29) is 0 Å². The molecule has 13 heavy (non-hydrogen) atoms. The third-order valence-corrected chi connectivity index (χ3v) is 2.31. The Morgan fingerprint density at radius 3 is 2.62 bits per heavy atom. The maximum absolute atomic E-state index is 9.66. The monoisotopic (exact) mass is 176 g/mol. The molecule has 0 radical (unpaired) electrons. The predicted molar refractivity (Wildman–Crippen MR) is 55.7 cm³/mol. The summed E-state index contributed by atoms with van der Waals surface area (Å²) in [5, 5.41) is 9.66. The van der Waals surface area contributed by atoms with Crippen molar-refractivity contribution in [2.75, 3.05) is 0 Å². The molecule has 1 aromatic rings. The minimum absolute atomic E-state index is 0.406. The Labute approximate surface area is 79.7 Å². The highest BCUT2D eigenvalue weighted by Crippen LogP contribution is 2.19. The second kappa shape index (κ2) is 4.24. The molecule has 0 aliphatic rings. The SMILES string of the molecule is C=CC[C@H](O)c1ccc(C)c(C)c1. The van der Waals surface area contributed by atoms with E-state index in [1.54, 1.807) is 6.08 Å². The van der Waals surface area contributed by atoms with E-state index in [2.05, 4.69) is 20.4 Å². The molecule has 0 aromatic heterocycles. The average Bonchev–Trinajstić information content (AvgIpc) is 2.10. The van der Waals surface area contributed by atoms with E-state index in [4.69, 9.17) is 0 Å². The molecule has 0 aliphatic carbocycles. The second-order valence-corrected chi connectivity index (χ2v) is 3.38. The van der Waals surface area contributed by atoms with Gasteiger partial charge in [0.05, 0.1) is 6.10 Å². The zero-order chi connectivity index (χ0) is 9.84. The molecule has 0 heterocycles. The maximum Gasteiger partial charge on any atom is 0.0824 e. The zero-order valence-electron chi connectivity index (χ0n) is 8.25. The molecule has 1 nitrogen and oxygen atoms in total. The van der Waals surface area contributed by atoms with Crippen LogP contribution in [0.15, 0.2) is 30.9 Å². The third-order valence-electron chi connectivity index (χ3n) is 2.31. The first-order chi connectivity index (χ1) is 6.15. The van der Waals surface area contributed by atoms with Crippen LogP contribution in [0.25, 0.3) is 0 Å². The molecule has 0 unspecified atom stereocenters. The first kappa shape index (κ1) is 10.0. The lowest BCUT2D eigenvalue weighted by molar-refractivity contribution is 0.181. The van der Waals surface area contributed by atoms with Crippen molar-refractivity contribution in [3.05, 3.63) is 47.5 Å². The summed E-state index contributed by atoms with van der Waals surface area (Å²) in [6, 6.07) is 6.04. The van der Waals surface area contributed by atoms with Crippen LogP contribution in [-0.4, -0.2) is 5.11 Å². The summed E-state index contributed by atoms with van der Waals surface area (Å²) in [5.74, 6) is 0. The molecule has 1 N–H and O–H groups in total. The maximum atomic E-state index is 9.66. The summed E-state index contributed by atoms with van der Waals surface area (Å²) in [7, 11) is 0. The Kier molecular flexibility index (Phi) is 3.26. The van der Waals surface area contributed by atoms with Crippen molar-refractivity contribution in [3.8, 4) is 0 Å². The lowest BCUT2D eigenvalue weighted by Crippen LogP contribution is -1.96. The highest BCUT2D eigenvalue weighted by molar-refractivity contribution is 5.31. The van der Waals surface area contributed by atoms with Gasteiger partial charge < -0.3 is 5.11 Å². The van der Waals surface area contributed by atoms with Gasteiger partial charge >= 0.3 is 0 Å². The smallest absolute Gasteiger partial charge is 0.0824 e. The number of aryl methyl sites for hydroxylation is 2. The highest BCUT2D eigenvalue weighted by atomic mass is 16.3. The Morgan fingerprint density at radius 1 is 1.38 bits per heavy atom. The summed E-state index contributed by atoms with van der Waals surface area (Å²) < 4.78 is 0. The average molecular weight is 176 g/mol. The molecule has 0 spiro atoms. The van der Waals surface area contributed by atoms with Crippen molar-refractivity contribution < 1.29 is 5.11 Å². The lowest BCUT2D eigenvalue weighted by Gasteiger charge is -2.10. The Morgan fingerprint density at radius 2 is 2.08 bits per heavy atom. The van der Waals surface area contributed by atoms with E-state index >= 15 is 0 Å². The van der Waals surface area contributed by atoms with Crippen molar-refractivity contribution in [2.24, 2.45) is 0 Å². The summed E-state index contributed by atoms with van der Waals surface area (Å²) in [6.07, 6.45) is 1.94. The van der Waals surface area contributed by atoms with Crippen molar-refractivity contribution >= 4 is 0 Å². The van der Waals surface area contributed by atoms with Crippen molar-refractivity contribution in [2.45, 2.75) is 26.4 Å². The summed E-state index contributed by atoms with van der Waals surface area (Å²) in [5.41, 5.74) is 3.46. The first-order valence-electron chi connectivity index (χ1n) is 4.51. The van der Waals surface area contributed by atoms with E-state index in [1.165, 1.54) is 11.1 Å². The molecule has 1 rings (SSSR count). The van der Waals surface area contributed by atoms with E-state index in [0.29, 0.717) is 6.42 Å². The molecular weight excluding hydrogens is 160 g/mol. The van der Waals surface area contributed by atoms with E-state index in [0.717, 1.165) is 5.56 Å². The van der Waals surface area contributed by atoms with Crippen LogP contribution in [0.5, 0.6) is 0 Å². The van der Waals surface area contributed by atoms with Gasteiger partial charge in [-0.05, 0) is 37.0 Å². The van der Waals surface area contributed by atoms with Gasteiger partial charge in [-0.1, -0.05) is 24.3 Å². The van der Waals surface area contributed by atoms with Crippen LogP contribution in [-0.2, 0) is 0 Å². The summed E-state index contributed by atoms with van der Waals surface area (Å²) in [4.78, 5) is 0. The van der Waals surface area contributed by atoms with Crippen LogP contribution in [0.3, 0.4) is 0 Å². The molecule has 0 aliphatic heterocycles. The third kappa shape index (κ3) is 2.43. The molecule has 1 atom stereocenters. The van der Waals surface area contributed by atoms with Gasteiger partial charge in [0.15, 0.2) is 0 Å². The minimum Gasteiger partial charge on any atom is -0.388 e. The van der Waals surface area contributed by atoms with Gasteiger partial charge in [0.25, 0.3) is 0 Å². The van der Waals surface area contributed by atoms with Crippen molar-refractivity contribution in [3.63, 3.8) is 0 Å². The van der Waals surface area contributed by atoms with E-state index < -0.39 is 6.10 Å². The molecule has 1 heteroatoms. The number of aliphatic hydroxyl groups is 1.